The van der Waals surface area contributed by atoms with Crippen molar-refractivity contribution in [3.05, 3.63) is 17.8 Å². The fourth-order valence-electron chi connectivity index (χ4n) is 4.12. The van der Waals surface area contributed by atoms with E-state index in [9.17, 15) is 4.79 Å². The monoisotopic (exact) mass is 291 g/mol. The smallest absolute Gasteiger partial charge is 0.291 e. The first kappa shape index (κ1) is 14.6. The molecule has 0 saturated heterocycles. The van der Waals surface area contributed by atoms with Crippen LogP contribution in [0.1, 0.15) is 41.9 Å². The summed E-state index contributed by atoms with van der Waals surface area (Å²) in [6, 6.07) is 1.07. The molecule has 0 spiro atoms. The van der Waals surface area contributed by atoms with E-state index in [2.05, 4.69) is 24.0 Å². The minimum Gasteiger partial charge on any atom is -0.438 e. The Kier molecular flexibility index (Phi) is 3.78. The molecule has 2 aliphatic carbocycles. The van der Waals surface area contributed by atoms with Crippen LogP contribution >= 0.6 is 0 Å². The van der Waals surface area contributed by atoms with E-state index in [-0.39, 0.29) is 5.91 Å². The fourth-order valence-corrected chi connectivity index (χ4v) is 4.12. The average molecular weight is 291 g/mol. The number of carbonyl (C=O) groups excluding carboxylic acids is 1. The molecule has 2 fully saturated rings. The molecule has 1 heterocycles. The summed E-state index contributed by atoms with van der Waals surface area (Å²) in [7, 11) is 6.25. The largest absolute Gasteiger partial charge is 0.438 e. The highest BCUT2D eigenvalue weighted by Gasteiger charge is 2.44. The number of hydrogen-bond acceptors (Lipinski definition) is 4. The van der Waals surface area contributed by atoms with E-state index in [1.807, 2.05) is 18.9 Å². The van der Waals surface area contributed by atoms with Crippen molar-refractivity contribution in [3.8, 4) is 0 Å². The second-order valence-corrected chi connectivity index (χ2v) is 6.92. The van der Waals surface area contributed by atoms with E-state index in [0.717, 1.165) is 30.7 Å². The Morgan fingerprint density at radius 3 is 2.19 bits per heavy atom. The predicted octanol–water partition coefficient (Wildman–Crippen LogP) is 2.17. The Labute approximate surface area is 126 Å². The number of carbonyl (C=O) groups is 1. The summed E-state index contributed by atoms with van der Waals surface area (Å²) in [5, 5.41) is 0. The Bertz CT molecular complexity index is 511. The lowest BCUT2D eigenvalue weighted by atomic mass is 10.0. The topological polar surface area (TPSA) is 49.6 Å². The van der Waals surface area contributed by atoms with Gasteiger partial charge >= 0.3 is 0 Å². The summed E-state index contributed by atoms with van der Waals surface area (Å²) in [6.07, 6.45) is 6.16. The maximum atomic E-state index is 12.5. The van der Waals surface area contributed by atoms with Gasteiger partial charge in [0.05, 0.1) is 5.69 Å². The second kappa shape index (κ2) is 5.44. The van der Waals surface area contributed by atoms with Gasteiger partial charge in [-0.05, 0) is 58.5 Å². The van der Waals surface area contributed by atoms with Crippen molar-refractivity contribution in [2.75, 3.05) is 21.1 Å². The fraction of sp³-hybridized carbons (Fsp3) is 0.750. The lowest BCUT2D eigenvalue weighted by Gasteiger charge is -2.26. The van der Waals surface area contributed by atoms with Crippen LogP contribution in [-0.4, -0.2) is 53.9 Å². The van der Waals surface area contributed by atoms with Crippen LogP contribution in [0.2, 0.25) is 0 Å². The number of hydrogen-bond donors (Lipinski definition) is 0. The number of aryl methyl sites for hydroxylation is 1. The van der Waals surface area contributed by atoms with E-state index >= 15 is 0 Å². The average Bonchev–Trinajstić information content (AvgIpc) is 3.09. The molecule has 1 aromatic heterocycles. The Morgan fingerprint density at radius 1 is 1.14 bits per heavy atom. The van der Waals surface area contributed by atoms with Crippen molar-refractivity contribution in [3.63, 3.8) is 0 Å². The van der Waals surface area contributed by atoms with Gasteiger partial charge in [0.15, 0.2) is 6.39 Å². The minimum absolute atomic E-state index is 0.0286. The van der Waals surface area contributed by atoms with Crippen LogP contribution in [-0.2, 0) is 0 Å². The van der Waals surface area contributed by atoms with Gasteiger partial charge in [-0.3, -0.25) is 4.79 Å². The van der Waals surface area contributed by atoms with Crippen molar-refractivity contribution in [2.45, 2.75) is 44.7 Å². The van der Waals surface area contributed by atoms with Gasteiger partial charge in [0.2, 0.25) is 5.76 Å². The van der Waals surface area contributed by atoms with Gasteiger partial charge in [-0.1, -0.05) is 0 Å². The van der Waals surface area contributed by atoms with E-state index in [0.29, 0.717) is 17.5 Å². The molecule has 5 nitrogen and oxygen atoms in total. The Balaban J connectivity index is 1.63. The quantitative estimate of drug-likeness (QED) is 0.856. The van der Waals surface area contributed by atoms with Gasteiger partial charge < -0.3 is 14.2 Å². The van der Waals surface area contributed by atoms with Gasteiger partial charge in [-0.2, -0.15) is 0 Å². The van der Waals surface area contributed by atoms with Gasteiger partial charge in [-0.25, -0.2) is 4.98 Å². The summed E-state index contributed by atoms with van der Waals surface area (Å²) >= 11 is 0. The molecule has 1 amide bonds. The first-order chi connectivity index (χ1) is 9.97. The highest BCUT2D eigenvalue weighted by atomic mass is 16.3. The summed E-state index contributed by atoms with van der Waals surface area (Å²) in [5.41, 5.74) is 0.678. The molecule has 21 heavy (non-hydrogen) atoms. The van der Waals surface area contributed by atoms with Crippen molar-refractivity contribution in [2.24, 2.45) is 11.8 Å². The third-order valence-electron chi connectivity index (χ3n) is 5.50. The van der Waals surface area contributed by atoms with Crippen LogP contribution in [0.4, 0.5) is 0 Å². The molecule has 116 valence electrons. The van der Waals surface area contributed by atoms with Crippen LogP contribution in [0.5, 0.6) is 0 Å². The van der Waals surface area contributed by atoms with Crippen molar-refractivity contribution >= 4 is 5.91 Å². The van der Waals surface area contributed by atoms with Gasteiger partial charge in [-0.15, -0.1) is 0 Å². The summed E-state index contributed by atoms with van der Waals surface area (Å²) in [5.74, 6) is 1.90. The summed E-state index contributed by atoms with van der Waals surface area (Å²) < 4.78 is 5.24. The molecule has 0 N–H and O–H groups in total. The standard InChI is InChI=1S/C16H25N3O2/c1-10-15(21-9-17-10)16(20)19(4)14-7-11-5-13(18(2)3)6-12(11)8-14/h9,11-14H,5-8H2,1-4H3/t11-,12+,13?,14?. The van der Waals surface area contributed by atoms with Crippen LogP contribution in [0.25, 0.3) is 0 Å². The highest BCUT2D eigenvalue weighted by Crippen LogP contribution is 2.46. The molecule has 2 saturated carbocycles. The lowest BCUT2D eigenvalue weighted by Crippen LogP contribution is -2.36. The number of amides is 1. The normalized spacial score (nSPS) is 31.7. The molecule has 0 radical (unpaired) electrons. The molecular formula is C16H25N3O2. The maximum absolute atomic E-state index is 12.5. The molecule has 4 atom stereocenters. The first-order valence-corrected chi connectivity index (χ1v) is 7.81. The minimum atomic E-state index is -0.0286. The number of nitrogens with zero attached hydrogens (tertiary/aromatic N) is 3. The number of fused-ring (bicyclic) bond motifs is 1. The molecule has 3 rings (SSSR count). The summed E-state index contributed by atoms with van der Waals surface area (Å²) in [6.45, 7) is 1.82. The van der Waals surface area contributed by atoms with Crippen molar-refractivity contribution < 1.29 is 9.21 Å². The molecule has 2 aliphatic rings. The van der Waals surface area contributed by atoms with E-state index in [4.69, 9.17) is 4.42 Å². The second-order valence-electron chi connectivity index (χ2n) is 6.92. The van der Waals surface area contributed by atoms with Crippen LogP contribution < -0.4 is 0 Å². The molecule has 2 unspecified atom stereocenters. The molecule has 1 aromatic rings. The van der Waals surface area contributed by atoms with E-state index in [1.54, 1.807) is 0 Å². The molecule has 0 bridgehead atoms. The third-order valence-corrected chi connectivity index (χ3v) is 5.50. The maximum Gasteiger partial charge on any atom is 0.291 e. The van der Waals surface area contributed by atoms with Gasteiger partial charge in [0.1, 0.15) is 0 Å². The number of oxazole rings is 1. The van der Waals surface area contributed by atoms with E-state index < -0.39 is 0 Å². The van der Waals surface area contributed by atoms with Crippen LogP contribution in [0, 0.1) is 18.8 Å². The zero-order valence-electron chi connectivity index (χ0n) is 13.4. The Hall–Kier alpha value is -1.36. The zero-order valence-corrected chi connectivity index (χ0v) is 13.4. The predicted molar refractivity (Wildman–Crippen MR) is 80.0 cm³/mol. The van der Waals surface area contributed by atoms with Crippen LogP contribution in [0.3, 0.4) is 0 Å². The SMILES string of the molecule is Cc1ncoc1C(=O)N(C)C1C[C@H]2CC(N(C)C)C[C@H]2C1. The highest BCUT2D eigenvalue weighted by molar-refractivity contribution is 5.92. The van der Waals surface area contributed by atoms with Gasteiger partial charge in [0, 0.05) is 19.1 Å². The third kappa shape index (κ3) is 2.59. The Morgan fingerprint density at radius 2 is 1.71 bits per heavy atom. The van der Waals surface area contributed by atoms with Crippen LogP contribution in [0.15, 0.2) is 10.8 Å². The number of rotatable bonds is 3. The molecule has 0 aliphatic heterocycles. The van der Waals surface area contributed by atoms with E-state index in [1.165, 1.54) is 19.2 Å². The van der Waals surface area contributed by atoms with Crippen molar-refractivity contribution in [1.82, 2.24) is 14.8 Å². The van der Waals surface area contributed by atoms with Gasteiger partial charge in [0.25, 0.3) is 5.91 Å². The molecular weight excluding hydrogens is 266 g/mol. The summed E-state index contributed by atoms with van der Waals surface area (Å²) in [4.78, 5) is 20.7. The van der Waals surface area contributed by atoms with Crippen molar-refractivity contribution in [1.29, 1.82) is 0 Å². The molecule has 5 heteroatoms. The molecule has 0 aromatic carbocycles. The number of aromatic nitrogens is 1. The zero-order chi connectivity index (χ0) is 15.1. The first-order valence-electron chi connectivity index (χ1n) is 7.81. The lowest BCUT2D eigenvalue weighted by molar-refractivity contribution is 0.0693.